The topological polar surface area (TPSA) is 62.1 Å². The molecule has 0 spiro atoms. The van der Waals surface area contributed by atoms with Gasteiger partial charge >= 0.3 is 6.09 Å². The van der Waals surface area contributed by atoms with Crippen LogP contribution >= 0.6 is 0 Å². The summed E-state index contributed by atoms with van der Waals surface area (Å²) >= 11 is 0. The first kappa shape index (κ1) is 15.4. The van der Waals surface area contributed by atoms with Gasteiger partial charge in [-0.3, -0.25) is 0 Å². The number of hydrogen-bond donors (Lipinski definition) is 1. The minimum atomic E-state index is -3.56. The van der Waals surface area contributed by atoms with Crippen LogP contribution in [0.5, 0.6) is 0 Å². The quantitative estimate of drug-likeness (QED) is 0.933. The summed E-state index contributed by atoms with van der Waals surface area (Å²) in [5.74, 6) is -3.56. The van der Waals surface area contributed by atoms with Crippen molar-refractivity contribution in [3.63, 3.8) is 0 Å². The maximum atomic E-state index is 13.8. The predicted molar refractivity (Wildman–Crippen MR) is 72.0 cm³/mol. The minimum Gasteiger partial charge on any atom is -0.448 e. The molecule has 0 saturated heterocycles. The van der Waals surface area contributed by atoms with Crippen molar-refractivity contribution in [1.82, 2.24) is 5.01 Å². The highest BCUT2D eigenvalue weighted by Crippen LogP contribution is 2.40. The normalized spacial score (nSPS) is 22.1. The molecule has 5 nitrogen and oxygen atoms in total. The van der Waals surface area contributed by atoms with Crippen molar-refractivity contribution in [2.24, 2.45) is 5.10 Å². The lowest BCUT2D eigenvalue weighted by molar-refractivity contribution is -0.226. The third-order valence-corrected chi connectivity index (χ3v) is 3.24. The highest BCUT2D eigenvalue weighted by atomic mass is 19.3. The van der Waals surface area contributed by atoms with Crippen LogP contribution in [0.15, 0.2) is 35.4 Å². The Labute approximate surface area is 120 Å². The van der Waals surface area contributed by atoms with Gasteiger partial charge in [0.2, 0.25) is 5.72 Å². The van der Waals surface area contributed by atoms with E-state index in [1.807, 2.05) is 0 Å². The summed E-state index contributed by atoms with van der Waals surface area (Å²) in [6.07, 6.45) is -1.58. The average Bonchev–Trinajstić information content (AvgIpc) is 2.79. The van der Waals surface area contributed by atoms with Crippen molar-refractivity contribution in [3.8, 4) is 0 Å². The van der Waals surface area contributed by atoms with E-state index in [-0.39, 0.29) is 12.3 Å². The van der Waals surface area contributed by atoms with Crippen LogP contribution in [0.25, 0.3) is 0 Å². The number of aliphatic hydroxyl groups is 1. The number of carbonyl (C=O) groups excluding carboxylic acids is 1. The van der Waals surface area contributed by atoms with Gasteiger partial charge < -0.3 is 9.84 Å². The van der Waals surface area contributed by atoms with E-state index < -0.39 is 24.2 Å². The predicted octanol–water partition coefficient (Wildman–Crippen LogP) is 2.60. The Morgan fingerprint density at radius 1 is 1.48 bits per heavy atom. The largest absolute Gasteiger partial charge is 0.448 e. The summed E-state index contributed by atoms with van der Waals surface area (Å²) in [5, 5.41) is 14.5. The number of nitrogens with zero attached hydrogens (tertiary/aromatic N) is 2. The van der Waals surface area contributed by atoms with E-state index in [1.165, 1.54) is 0 Å². The van der Waals surface area contributed by atoms with Crippen molar-refractivity contribution < 1.29 is 23.4 Å². The fourth-order valence-electron chi connectivity index (χ4n) is 2.06. The second-order valence-corrected chi connectivity index (χ2v) is 4.81. The van der Waals surface area contributed by atoms with E-state index in [0.717, 1.165) is 0 Å². The van der Waals surface area contributed by atoms with Gasteiger partial charge in [-0.25, -0.2) is 13.6 Å². The number of rotatable bonds is 3. The molecule has 0 unspecified atom stereocenters. The van der Waals surface area contributed by atoms with Crippen LogP contribution < -0.4 is 0 Å². The second kappa shape index (κ2) is 5.40. The van der Waals surface area contributed by atoms with Gasteiger partial charge in [0.25, 0.3) is 5.92 Å². The molecule has 1 aromatic rings. The first-order valence-corrected chi connectivity index (χ1v) is 6.49. The standard InChI is InChI=1S/C14H16F2N2O3/c1-3-21-12(19)18-14(20,13(2,15)16)9-11(17-18)10-7-5-4-6-8-10/h4-8,20H,3,9H2,1-2H3/t14-/m1/s1. The molecule has 1 atom stereocenters. The Bertz CT molecular complexity index is 557. The summed E-state index contributed by atoms with van der Waals surface area (Å²) in [6.45, 7) is 2.08. The van der Waals surface area contributed by atoms with Crippen LogP contribution in [-0.4, -0.2) is 40.2 Å². The van der Waals surface area contributed by atoms with Crippen LogP contribution in [0, 0.1) is 0 Å². The van der Waals surface area contributed by atoms with Crippen LogP contribution in [-0.2, 0) is 4.74 Å². The number of hydrogen-bond acceptors (Lipinski definition) is 4. The number of hydrazone groups is 1. The average molecular weight is 298 g/mol. The molecule has 1 N–H and O–H groups in total. The molecule has 0 bridgehead atoms. The van der Waals surface area contributed by atoms with Gasteiger partial charge in [-0.1, -0.05) is 30.3 Å². The highest BCUT2D eigenvalue weighted by Gasteiger charge is 2.59. The zero-order valence-corrected chi connectivity index (χ0v) is 11.7. The van der Waals surface area contributed by atoms with Gasteiger partial charge in [0.05, 0.1) is 12.3 Å². The maximum Gasteiger partial charge on any atom is 0.433 e. The Hall–Kier alpha value is -2.02. The third kappa shape index (κ3) is 2.73. The minimum absolute atomic E-state index is 0.00309. The lowest BCUT2D eigenvalue weighted by Crippen LogP contribution is -2.57. The van der Waals surface area contributed by atoms with Gasteiger partial charge in [-0.05, 0) is 12.5 Å². The van der Waals surface area contributed by atoms with Gasteiger partial charge in [0, 0.05) is 13.3 Å². The zero-order chi connectivity index (χ0) is 15.7. The molecule has 2 rings (SSSR count). The Kier molecular flexibility index (Phi) is 3.95. The third-order valence-electron chi connectivity index (χ3n) is 3.24. The molecule has 21 heavy (non-hydrogen) atoms. The van der Waals surface area contributed by atoms with Gasteiger partial charge in [0.15, 0.2) is 0 Å². The summed E-state index contributed by atoms with van der Waals surface area (Å²) in [7, 11) is 0. The molecule has 1 aliphatic heterocycles. The molecule has 7 heteroatoms. The maximum absolute atomic E-state index is 13.8. The molecule has 1 aromatic carbocycles. The number of benzene rings is 1. The van der Waals surface area contributed by atoms with E-state index in [9.17, 15) is 18.7 Å². The van der Waals surface area contributed by atoms with Gasteiger partial charge in [-0.2, -0.15) is 10.1 Å². The van der Waals surface area contributed by atoms with Crippen LogP contribution in [0.4, 0.5) is 13.6 Å². The van der Waals surface area contributed by atoms with Gasteiger partial charge in [0.1, 0.15) is 0 Å². The Morgan fingerprint density at radius 2 is 2.10 bits per heavy atom. The SMILES string of the molecule is CCOC(=O)N1N=C(c2ccccc2)C[C@@]1(O)C(C)(F)F. The van der Waals surface area contributed by atoms with E-state index in [0.29, 0.717) is 17.5 Å². The monoisotopic (exact) mass is 298 g/mol. The van der Waals surface area contributed by atoms with Crippen molar-refractivity contribution in [2.45, 2.75) is 31.9 Å². The molecule has 0 aromatic heterocycles. The van der Waals surface area contributed by atoms with E-state index in [1.54, 1.807) is 37.3 Å². The summed E-state index contributed by atoms with van der Waals surface area (Å²) in [5.41, 5.74) is -1.97. The first-order chi connectivity index (χ1) is 9.79. The second-order valence-electron chi connectivity index (χ2n) is 4.81. The summed E-state index contributed by atoms with van der Waals surface area (Å²) < 4.78 is 32.2. The number of alkyl halides is 2. The van der Waals surface area contributed by atoms with E-state index in [2.05, 4.69) is 9.84 Å². The molecule has 1 amide bonds. The fourth-order valence-corrected chi connectivity index (χ4v) is 2.06. The van der Waals surface area contributed by atoms with E-state index in [4.69, 9.17) is 0 Å². The molecular weight excluding hydrogens is 282 g/mol. The first-order valence-electron chi connectivity index (χ1n) is 6.49. The molecule has 0 aliphatic carbocycles. The molecule has 1 aliphatic rings. The number of halogens is 2. The lowest BCUT2D eigenvalue weighted by Gasteiger charge is -2.34. The molecule has 114 valence electrons. The fraction of sp³-hybridized carbons (Fsp3) is 0.429. The van der Waals surface area contributed by atoms with Crippen molar-refractivity contribution in [1.29, 1.82) is 0 Å². The van der Waals surface area contributed by atoms with Crippen molar-refractivity contribution >= 4 is 11.8 Å². The Morgan fingerprint density at radius 3 is 2.62 bits per heavy atom. The molecule has 1 heterocycles. The molecule has 0 saturated carbocycles. The van der Waals surface area contributed by atoms with E-state index >= 15 is 0 Å². The van der Waals surface area contributed by atoms with Gasteiger partial charge in [-0.15, -0.1) is 0 Å². The highest BCUT2D eigenvalue weighted by molar-refractivity contribution is 6.03. The molecular formula is C14H16F2N2O3. The van der Waals surface area contributed by atoms with Crippen LogP contribution in [0.1, 0.15) is 25.8 Å². The molecule has 0 radical (unpaired) electrons. The van der Waals surface area contributed by atoms with Crippen LogP contribution in [0.3, 0.4) is 0 Å². The molecule has 0 fully saturated rings. The summed E-state index contributed by atoms with van der Waals surface area (Å²) in [6, 6.07) is 8.54. The zero-order valence-electron chi connectivity index (χ0n) is 11.7. The number of carbonyl (C=O) groups is 1. The van der Waals surface area contributed by atoms with Crippen molar-refractivity contribution in [3.05, 3.63) is 35.9 Å². The van der Waals surface area contributed by atoms with Crippen molar-refractivity contribution in [2.75, 3.05) is 6.61 Å². The smallest absolute Gasteiger partial charge is 0.433 e. The summed E-state index contributed by atoms with van der Waals surface area (Å²) in [4.78, 5) is 11.8. The lowest BCUT2D eigenvalue weighted by atomic mass is 9.97. The number of amides is 1. The van der Waals surface area contributed by atoms with Crippen LogP contribution in [0.2, 0.25) is 0 Å². The Balaban J connectivity index is 2.40. The number of ether oxygens (including phenoxy) is 1.